The number of rotatable bonds is 1. The number of hydrogen-bond acceptors (Lipinski definition) is 1. The van der Waals surface area contributed by atoms with Crippen molar-refractivity contribution >= 4 is 21.6 Å². The van der Waals surface area contributed by atoms with Gasteiger partial charge in [-0.25, -0.2) is 4.98 Å². The lowest BCUT2D eigenvalue weighted by molar-refractivity contribution is 1.09. The molecule has 0 unspecified atom stereocenters. The van der Waals surface area contributed by atoms with Gasteiger partial charge in [0.2, 0.25) is 0 Å². The summed E-state index contributed by atoms with van der Waals surface area (Å²) in [6.07, 6.45) is 1.93. The molecule has 0 saturated carbocycles. The zero-order chi connectivity index (χ0) is 12.7. The van der Waals surface area contributed by atoms with Crippen LogP contribution in [-0.4, -0.2) is 9.38 Å². The number of nitrogens with zero attached hydrogens (tertiary/aromatic N) is 2. The number of aromatic nitrogens is 2. The topological polar surface area (TPSA) is 17.3 Å². The number of imidazole rings is 1. The Morgan fingerprint density at radius 2 is 1.89 bits per heavy atom. The zero-order valence-electron chi connectivity index (χ0n) is 10.3. The molecular weight excluding hydrogens is 288 g/mol. The van der Waals surface area contributed by atoms with E-state index in [2.05, 4.69) is 63.4 Å². The molecule has 3 aromatic rings. The van der Waals surface area contributed by atoms with Gasteiger partial charge in [0.25, 0.3) is 0 Å². The van der Waals surface area contributed by atoms with Crippen molar-refractivity contribution in [3.8, 4) is 11.3 Å². The zero-order valence-corrected chi connectivity index (χ0v) is 11.9. The van der Waals surface area contributed by atoms with E-state index in [1.807, 2.05) is 18.3 Å². The second-order valence-corrected chi connectivity index (χ2v) is 5.35. The average Bonchev–Trinajstić information content (AvgIpc) is 2.73. The smallest absolute Gasteiger partial charge is 0.137 e. The van der Waals surface area contributed by atoms with Crippen molar-refractivity contribution < 1.29 is 0 Å². The molecule has 2 heterocycles. The van der Waals surface area contributed by atoms with Crippen molar-refractivity contribution in [2.24, 2.45) is 0 Å². The average molecular weight is 301 g/mol. The van der Waals surface area contributed by atoms with E-state index in [9.17, 15) is 0 Å². The van der Waals surface area contributed by atoms with Gasteiger partial charge in [0.1, 0.15) is 5.65 Å². The van der Waals surface area contributed by atoms with Gasteiger partial charge in [0.15, 0.2) is 0 Å². The van der Waals surface area contributed by atoms with Crippen LogP contribution in [0.4, 0.5) is 0 Å². The fourth-order valence-electron chi connectivity index (χ4n) is 2.34. The molecule has 0 fully saturated rings. The van der Waals surface area contributed by atoms with Crippen molar-refractivity contribution in [2.75, 3.05) is 0 Å². The Labute approximate surface area is 114 Å². The predicted molar refractivity (Wildman–Crippen MR) is 77.8 cm³/mol. The molecule has 3 heteroatoms. The van der Waals surface area contributed by atoms with Crippen LogP contribution in [0.1, 0.15) is 11.3 Å². The van der Waals surface area contributed by atoms with Crippen LogP contribution in [0.2, 0.25) is 0 Å². The third-order valence-corrected chi connectivity index (χ3v) is 3.78. The van der Waals surface area contributed by atoms with Crippen molar-refractivity contribution in [2.45, 2.75) is 13.8 Å². The fraction of sp³-hybridized carbons (Fsp3) is 0.133. The lowest BCUT2D eigenvalue weighted by Crippen LogP contribution is -1.95. The highest BCUT2D eigenvalue weighted by Gasteiger charge is 2.10. The minimum Gasteiger partial charge on any atom is -0.297 e. The van der Waals surface area contributed by atoms with Crippen LogP contribution in [0.15, 0.2) is 47.1 Å². The van der Waals surface area contributed by atoms with E-state index < -0.39 is 0 Å². The number of halogens is 1. The van der Waals surface area contributed by atoms with E-state index in [1.54, 1.807) is 0 Å². The predicted octanol–water partition coefficient (Wildman–Crippen LogP) is 4.38. The molecule has 0 aliphatic rings. The Bertz CT molecular complexity index is 728. The van der Waals surface area contributed by atoms with Crippen molar-refractivity contribution in [1.82, 2.24) is 9.38 Å². The van der Waals surface area contributed by atoms with E-state index in [1.165, 1.54) is 11.3 Å². The van der Waals surface area contributed by atoms with Crippen LogP contribution >= 0.6 is 15.9 Å². The highest BCUT2D eigenvalue weighted by molar-refractivity contribution is 9.10. The van der Waals surface area contributed by atoms with E-state index in [0.29, 0.717) is 0 Å². The summed E-state index contributed by atoms with van der Waals surface area (Å²) in [5, 5.41) is 0. The molecular formula is C15H13BrN2. The van der Waals surface area contributed by atoms with Crippen LogP contribution in [0.3, 0.4) is 0 Å². The first-order valence-electron chi connectivity index (χ1n) is 5.86. The molecule has 1 aromatic carbocycles. The minimum absolute atomic E-state index is 0.998. The molecule has 0 amide bonds. The van der Waals surface area contributed by atoms with Gasteiger partial charge in [0.05, 0.1) is 11.9 Å². The molecule has 0 radical (unpaired) electrons. The van der Waals surface area contributed by atoms with E-state index >= 15 is 0 Å². The van der Waals surface area contributed by atoms with E-state index in [-0.39, 0.29) is 0 Å². The van der Waals surface area contributed by atoms with Crippen LogP contribution in [-0.2, 0) is 0 Å². The highest BCUT2D eigenvalue weighted by atomic mass is 79.9. The van der Waals surface area contributed by atoms with Gasteiger partial charge in [-0.3, -0.25) is 4.40 Å². The van der Waals surface area contributed by atoms with Crippen molar-refractivity contribution in [3.05, 3.63) is 58.3 Å². The van der Waals surface area contributed by atoms with Crippen LogP contribution < -0.4 is 0 Å². The van der Waals surface area contributed by atoms with Gasteiger partial charge >= 0.3 is 0 Å². The third kappa shape index (κ3) is 1.75. The number of benzene rings is 1. The van der Waals surface area contributed by atoms with Gasteiger partial charge < -0.3 is 0 Å². The molecule has 0 saturated heterocycles. The van der Waals surface area contributed by atoms with Crippen LogP contribution in [0.5, 0.6) is 0 Å². The quantitative estimate of drug-likeness (QED) is 0.652. The largest absolute Gasteiger partial charge is 0.297 e. The maximum Gasteiger partial charge on any atom is 0.137 e. The number of pyridine rings is 1. The Morgan fingerprint density at radius 1 is 1.11 bits per heavy atom. The summed E-state index contributed by atoms with van der Waals surface area (Å²) >= 11 is 3.60. The number of aryl methyl sites for hydroxylation is 2. The maximum atomic E-state index is 4.50. The molecule has 2 nitrogen and oxygen atoms in total. The molecule has 3 rings (SSSR count). The standard InChI is InChI=1S/C15H13BrN2/c1-10-7-11(2)18-14(9-17-15(18)8-10)12-5-3-4-6-13(12)16/h3-9H,1-2H3. The summed E-state index contributed by atoms with van der Waals surface area (Å²) in [6.45, 7) is 4.21. The summed E-state index contributed by atoms with van der Waals surface area (Å²) in [4.78, 5) is 4.50. The summed E-state index contributed by atoms with van der Waals surface area (Å²) in [5.74, 6) is 0. The lowest BCUT2D eigenvalue weighted by atomic mass is 10.1. The second-order valence-electron chi connectivity index (χ2n) is 4.49. The van der Waals surface area contributed by atoms with E-state index in [0.717, 1.165) is 21.4 Å². The molecule has 90 valence electrons. The summed E-state index contributed by atoms with van der Waals surface area (Å²) < 4.78 is 3.28. The molecule has 18 heavy (non-hydrogen) atoms. The van der Waals surface area contributed by atoms with Gasteiger partial charge in [-0.05, 0) is 37.6 Å². The van der Waals surface area contributed by atoms with Gasteiger partial charge in [-0.1, -0.05) is 34.1 Å². The summed E-state index contributed by atoms with van der Waals surface area (Å²) in [7, 11) is 0. The molecule has 0 atom stereocenters. The molecule has 0 N–H and O–H groups in total. The first-order valence-corrected chi connectivity index (χ1v) is 6.66. The summed E-state index contributed by atoms with van der Waals surface area (Å²) in [6, 6.07) is 12.5. The molecule has 0 bridgehead atoms. The van der Waals surface area contributed by atoms with Crippen molar-refractivity contribution in [1.29, 1.82) is 0 Å². The Kier molecular flexibility index (Phi) is 2.71. The fourth-order valence-corrected chi connectivity index (χ4v) is 2.82. The monoisotopic (exact) mass is 300 g/mol. The SMILES string of the molecule is Cc1cc(C)n2c(-c3ccccc3Br)cnc2c1. The maximum absolute atomic E-state index is 4.50. The van der Waals surface area contributed by atoms with Crippen molar-refractivity contribution in [3.63, 3.8) is 0 Å². The Hall–Kier alpha value is -1.61. The normalized spacial score (nSPS) is 11.1. The first kappa shape index (κ1) is 11.5. The van der Waals surface area contributed by atoms with Gasteiger partial charge in [-0.15, -0.1) is 0 Å². The van der Waals surface area contributed by atoms with E-state index in [4.69, 9.17) is 0 Å². The Morgan fingerprint density at radius 3 is 2.67 bits per heavy atom. The molecule has 0 aliphatic heterocycles. The molecule has 0 spiro atoms. The second kappa shape index (κ2) is 4.25. The molecule has 0 aliphatic carbocycles. The third-order valence-electron chi connectivity index (χ3n) is 3.08. The number of hydrogen-bond donors (Lipinski definition) is 0. The highest BCUT2D eigenvalue weighted by Crippen LogP contribution is 2.29. The molecule has 2 aromatic heterocycles. The van der Waals surface area contributed by atoms with Crippen LogP contribution in [0.25, 0.3) is 16.9 Å². The minimum atomic E-state index is 0.998. The van der Waals surface area contributed by atoms with Gasteiger partial charge in [-0.2, -0.15) is 0 Å². The van der Waals surface area contributed by atoms with Crippen LogP contribution in [0, 0.1) is 13.8 Å². The summed E-state index contributed by atoms with van der Waals surface area (Å²) in [5.41, 5.74) is 5.72. The van der Waals surface area contributed by atoms with Gasteiger partial charge in [0, 0.05) is 15.7 Å². The lowest BCUT2D eigenvalue weighted by Gasteiger charge is -2.08. The number of fused-ring (bicyclic) bond motifs is 1. The first-order chi connectivity index (χ1) is 8.66. The Balaban J connectivity index is 2.35.